The van der Waals surface area contributed by atoms with Gasteiger partial charge in [0.05, 0.1) is 6.04 Å². The quantitative estimate of drug-likeness (QED) is 0.871. The molecule has 3 nitrogen and oxygen atoms in total. The van der Waals surface area contributed by atoms with Gasteiger partial charge in [-0.1, -0.05) is 37.3 Å². The lowest BCUT2D eigenvalue weighted by Crippen LogP contribution is -2.49. The topological polar surface area (TPSA) is 41.1 Å². The van der Waals surface area contributed by atoms with Crippen molar-refractivity contribution in [3.63, 3.8) is 0 Å². The Morgan fingerprint density at radius 2 is 2.05 bits per heavy atom. The number of carbonyl (C=O) groups excluding carboxylic acids is 1. The summed E-state index contributed by atoms with van der Waals surface area (Å²) in [5.74, 6) is 1.36. The zero-order valence-corrected chi connectivity index (χ0v) is 11.4. The van der Waals surface area contributed by atoms with E-state index in [2.05, 4.69) is 41.8 Å². The zero-order chi connectivity index (χ0) is 13.2. The van der Waals surface area contributed by atoms with E-state index >= 15 is 0 Å². The minimum atomic E-state index is 0.0146. The second kappa shape index (κ2) is 5.33. The molecule has 1 amide bonds. The molecule has 0 bridgehead atoms. The summed E-state index contributed by atoms with van der Waals surface area (Å²) in [6.45, 7) is 3.19. The lowest BCUT2D eigenvalue weighted by molar-refractivity contribution is -0.124. The number of amides is 1. The van der Waals surface area contributed by atoms with Gasteiger partial charge in [-0.2, -0.15) is 0 Å². The number of rotatable bonds is 3. The van der Waals surface area contributed by atoms with Crippen molar-refractivity contribution in [2.75, 3.05) is 6.54 Å². The highest BCUT2D eigenvalue weighted by atomic mass is 16.2. The van der Waals surface area contributed by atoms with Gasteiger partial charge in [0.2, 0.25) is 5.91 Å². The van der Waals surface area contributed by atoms with Crippen LogP contribution in [-0.2, 0) is 4.79 Å². The van der Waals surface area contributed by atoms with Crippen LogP contribution in [0.25, 0.3) is 0 Å². The third kappa shape index (κ3) is 2.98. The first kappa shape index (κ1) is 12.7. The van der Waals surface area contributed by atoms with Gasteiger partial charge in [0.15, 0.2) is 0 Å². The predicted octanol–water partition coefficient (Wildman–Crippen LogP) is 2.05. The Hall–Kier alpha value is -1.35. The van der Waals surface area contributed by atoms with Crippen molar-refractivity contribution in [1.82, 2.24) is 10.6 Å². The summed E-state index contributed by atoms with van der Waals surface area (Å²) >= 11 is 0. The molecule has 3 heteroatoms. The van der Waals surface area contributed by atoms with Crippen LogP contribution in [0.3, 0.4) is 0 Å². The van der Waals surface area contributed by atoms with Crippen LogP contribution in [0.1, 0.15) is 37.7 Å². The first-order valence-electron chi connectivity index (χ1n) is 7.32. The normalized spacial score (nSPS) is 33.7. The molecule has 0 radical (unpaired) electrons. The molecule has 1 heterocycles. The van der Waals surface area contributed by atoms with Crippen molar-refractivity contribution in [3.05, 3.63) is 35.9 Å². The zero-order valence-electron chi connectivity index (χ0n) is 11.4. The van der Waals surface area contributed by atoms with Crippen molar-refractivity contribution < 1.29 is 4.79 Å². The Balaban J connectivity index is 1.52. The summed E-state index contributed by atoms with van der Waals surface area (Å²) < 4.78 is 0. The lowest BCUT2D eigenvalue weighted by atomic mass is 9.94. The number of benzene rings is 1. The molecule has 1 aliphatic carbocycles. The number of hydrogen-bond donors (Lipinski definition) is 2. The maximum Gasteiger partial charge on any atom is 0.237 e. The molecule has 2 aliphatic rings. The molecule has 4 atom stereocenters. The van der Waals surface area contributed by atoms with Crippen molar-refractivity contribution >= 4 is 5.91 Å². The van der Waals surface area contributed by atoms with Crippen LogP contribution in [0.2, 0.25) is 0 Å². The summed E-state index contributed by atoms with van der Waals surface area (Å²) in [4.78, 5) is 12.2. The number of carbonyl (C=O) groups is 1. The van der Waals surface area contributed by atoms with E-state index in [0.717, 1.165) is 19.4 Å². The van der Waals surface area contributed by atoms with E-state index in [1.807, 2.05) is 6.07 Å². The van der Waals surface area contributed by atoms with E-state index in [9.17, 15) is 4.79 Å². The summed E-state index contributed by atoms with van der Waals surface area (Å²) in [6, 6.07) is 10.8. The third-order valence-corrected chi connectivity index (χ3v) is 4.33. The Labute approximate surface area is 114 Å². The number of hydrogen-bond acceptors (Lipinski definition) is 2. The van der Waals surface area contributed by atoms with E-state index < -0.39 is 0 Å². The van der Waals surface area contributed by atoms with Gasteiger partial charge >= 0.3 is 0 Å². The standard InChI is InChI=1S/C16H22N2O/c1-11-7-8-17-15(9-11)16(19)18-14-10-13(14)12-5-3-2-4-6-12/h2-6,11,13-15,17H,7-10H2,1H3,(H,18,19). The van der Waals surface area contributed by atoms with E-state index in [4.69, 9.17) is 0 Å². The van der Waals surface area contributed by atoms with Gasteiger partial charge in [0, 0.05) is 12.0 Å². The molecule has 1 saturated heterocycles. The van der Waals surface area contributed by atoms with E-state index in [1.165, 1.54) is 12.0 Å². The van der Waals surface area contributed by atoms with Gasteiger partial charge in [-0.05, 0) is 37.3 Å². The molecule has 0 aromatic heterocycles. The molecule has 102 valence electrons. The average Bonchev–Trinajstić information content (AvgIpc) is 3.19. The summed E-state index contributed by atoms with van der Waals surface area (Å²) in [6.07, 6.45) is 3.23. The maximum absolute atomic E-state index is 12.2. The molecule has 2 fully saturated rings. The van der Waals surface area contributed by atoms with Gasteiger partial charge in [-0.25, -0.2) is 0 Å². The van der Waals surface area contributed by atoms with Crippen molar-refractivity contribution in [1.29, 1.82) is 0 Å². The van der Waals surface area contributed by atoms with Gasteiger partial charge in [0.25, 0.3) is 0 Å². The van der Waals surface area contributed by atoms with Gasteiger partial charge in [-0.3, -0.25) is 4.79 Å². The van der Waals surface area contributed by atoms with Crippen LogP contribution in [0, 0.1) is 5.92 Å². The first-order valence-corrected chi connectivity index (χ1v) is 7.32. The Morgan fingerprint density at radius 3 is 2.79 bits per heavy atom. The first-order chi connectivity index (χ1) is 9.24. The number of nitrogens with one attached hydrogen (secondary N) is 2. The molecule has 2 N–H and O–H groups in total. The lowest BCUT2D eigenvalue weighted by Gasteiger charge is -2.27. The van der Waals surface area contributed by atoms with E-state index in [-0.39, 0.29) is 11.9 Å². The largest absolute Gasteiger partial charge is 0.351 e. The highest BCUT2D eigenvalue weighted by Gasteiger charge is 2.40. The van der Waals surface area contributed by atoms with Crippen LogP contribution < -0.4 is 10.6 Å². The molecule has 0 spiro atoms. The Bertz CT molecular complexity index is 445. The van der Waals surface area contributed by atoms with E-state index in [0.29, 0.717) is 17.9 Å². The van der Waals surface area contributed by atoms with Crippen molar-refractivity contribution in [3.8, 4) is 0 Å². The van der Waals surface area contributed by atoms with Crippen LogP contribution >= 0.6 is 0 Å². The van der Waals surface area contributed by atoms with Crippen molar-refractivity contribution in [2.45, 2.75) is 44.2 Å². The van der Waals surface area contributed by atoms with Crippen LogP contribution in [0.15, 0.2) is 30.3 Å². The maximum atomic E-state index is 12.2. The molecular weight excluding hydrogens is 236 g/mol. The third-order valence-electron chi connectivity index (χ3n) is 4.33. The minimum absolute atomic E-state index is 0.0146. The molecular formula is C16H22N2O. The summed E-state index contributed by atoms with van der Waals surface area (Å²) in [7, 11) is 0. The van der Waals surface area contributed by atoms with E-state index in [1.54, 1.807) is 0 Å². The second-order valence-electron chi connectivity index (χ2n) is 6.00. The van der Waals surface area contributed by atoms with Crippen LogP contribution in [0.5, 0.6) is 0 Å². The van der Waals surface area contributed by atoms with Gasteiger partial charge < -0.3 is 10.6 Å². The average molecular weight is 258 g/mol. The fourth-order valence-corrected chi connectivity index (χ4v) is 3.01. The highest BCUT2D eigenvalue weighted by Crippen LogP contribution is 2.40. The van der Waals surface area contributed by atoms with Crippen LogP contribution in [0.4, 0.5) is 0 Å². The SMILES string of the molecule is CC1CCNC(C(=O)NC2CC2c2ccccc2)C1. The predicted molar refractivity (Wildman–Crippen MR) is 75.9 cm³/mol. The van der Waals surface area contributed by atoms with Crippen molar-refractivity contribution in [2.24, 2.45) is 5.92 Å². The Morgan fingerprint density at radius 1 is 1.26 bits per heavy atom. The summed E-state index contributed by atoms with van der Waals surface area (Å²) in [5, 5.41) is 6.52. The van der Waals surface area contributed by atoms with Crippen LogP contribution in [-0.4, -0.2) is 24.5 Å². The second-order valence-corrected chi connectivity index (χ2v) is 6.00. The molecule has 4 unspecified atom stereocenters. The van der Waals surface area contributed by atoms with Gasteiger partial charge in [0.1, 0.15) is 0 Å². The molecule has 19 heavy (non-hydrogen) atoms. The Kier molecular flexibility index (Phi) is 3.56. The van der Waals surface area contributed by atoms with Gasteiger partial charge in [-0.15, -0.1) is 0 Å². The molecule has 1 saturated carbocycles. The molecule has 3 rings (SSSR count). The fraction of sp³-hybridized carbons (Fsp3) is 0.562. The highest BCUT2D eigenvalue weighted by molar-refractivity contribution is 5.82. The minimum Gasteiger partial charge on any atom is -0.351 e. The molecule has 1 aliphatic heterocycles. The number of piperidine rings is 1. The molecule has 1 aromatic carbocycles. The fourth-order valence-electron chi connectivity index (χ4n) is 3.01. The summed E-state index contributed by atoms with van der Waals surface area (Å²) in [5.41, 5.74) is 1.35. The smallest absolute Gasteiger partial charge is 0.237 e. The monoisotopic (exact) mass is 258 g/mol. The molecule has 1 aromatic rings.